The SMILES string of the molecule is CCCC.CCN1CCC(C)(C)CC1. The van der Waals surface area contributed by atoms with Gasteiger partial charge in [0.25, 0.3) is 0 Å². The van der Waals surface area contributed by atoms with Gasteiger partial charge in [-0.3, -0.25) is 0 Å². The second kappa shape index (κ2) is 7.28. The molecule has 1 heterocycles. The third kappa shape index (κ3) is 6.42. The number of piperidine rings is 1. The van der Waals surface area contributed by atoms with Gasteiger partial charge >= 0.3 is 0 Å². The van der Waals surface area contributed by atoms with Gasteiger partial charge in [0.15, 0.2) is 0 Å². The number of hydrogen-bond donors (Lipinski definition) is 0. The summed E-state index contributed by atoms with van der Waals surface area (Å²) in [6, 6.07) is 0. The van der Waals surface area contributed by atoms with Crippen LogP contribution in [0, 0.1) is 5.41 Å². The molecule has 0 atom stereocenters. The average molecular weight is 199 g/mol. The standard InChI is InChI=1S/C9H19N.C4H10/c1-4-10-7-5-9(2,3)6-8-10;1-3-4-2/h4-8H2,1-3H3;3-4H2,1-2H3. The fourth-order valence-electron chi connectivity index (χ4n) is 1.47. The van der Waals surface area contributed by atoms with Crippen LogP contribution in [0.3, 0.4) is 0 Å². The topological polar surface area (TPSA) is 3.24 Å². The first-order chi connectivity index (χ1) is 6.55. The van der Waals surface area contributed by atoms with Crippen LogP contribution in [0.4, 0.5) is 0 Å². The molecule has 1 aliphatic heterocycles. The van der Waals surface area contributed by atoms with Gasteiger partial charge in [-0.2, -0.15) is 0 Å². The van der Waals surface area contributed by atoms with Crippen molar-refractivity contribution in [3.63, 3.8) is 0 Å². The highest BCUT2D eigenvalue weighted by Crippen LogP contribution is 2.29. The van der Waals surface area contributed by atoms with E-state index < -0.39 is 0 Å². The molecular formula is C13H29N. The quantitative estimate of drug-likeness (QED) is 0.651. The fourth-order valence-corrected chi connectivity index (χ4v) is 1.47. The predicted molar refractivity (Wildman–Crippen MR) is 65.7 cm³/mol. The number of hydrogen-bond acceptors (Lipinski definition) is 1. The van der Waals surface area contributed by atoms with Crippen LogP contribution in [0.1, 0.15) is 60.3 Å². The largest absolute Gasteiger partial charge is 0.304 e. The van der Waals surface area contributed by atoms with E-state index in [2.05, 4.69) is 39.5 Å². The Morgan fingerprint density at radius 3 is 1.64 bits per heavy atom. The second-order valence-corrected chi connectivity index (χ2v) is 5.10. The molecule has 14 heavy (non-hydrogen) atoms. The van der Waals surface area contributed by atoms with E-state index in [-0.39, 0.29) is 0 Å². The summed E-state index contributed by atoms with van der Waals surface area (Å²) < 4.78 is 0. The Labute approximate surface area is 90.9 Å². The van der Waals surface area contributed by atoms with Crippen LogP contribution >= 0.6 is 0 Å². The third-order valence-electron chi connectivity index (χ3n) is 3.16. The Hall–Kier alpha value is -0.0400. The Bertz CT molecular complexity index is 117. The zero-order chi connectivity index (χ0) is 11.0. The van der Waals surface area contributed by atoms with Crippen LogP contribution in [-0.2, 0) is 0 Å². The van der Waals surface area contributed by atoms with Gasteiger partial charge in [0.2, 0.25) is 0 Å². The van der Waals surface area contributed by atoms with Gasteiger partial charge in [-0.25, -0.2) is 0 Å². The van der Waals surface area contributed by atoms with E-state index >= 15 is 0 Å². The Morgan fingerprint density at radius 1 is 0.929 bits per heavy atom. The number of likely N-dealkylation sites (tertiary alicyclic amines) is 1. The minimum absolute atomic E-state index is 0.617. The van der Waals surface area contributed by atoms with Crippen molar-refractivity contribution in [3.8, 4) is 0 Å². The summed E-state index contributed by atoms with van der Waals surface area (Å²) in [7, 11) is 0. The van der Waals surface area contributed by atoms with Crippen LogP contribution in [0.15, 0.2) is 0 Å². The van der Waals surface area contributed by atoms with Gasteiger partial charge in [0, 0.05) is 0 Å². The summed E-state index contributed by atoms with van der Waals surface area (Å²) in [5.41, 5.74) is 0.617. The molecule has 0 radical (unpaired) electrons. The lowest BCUT2D eigenvalue weighted by atomic mass is 9.83. The summed E-state index contributed by atoms with van der Waals surface area (Å²) in [6.07, 6.45) is 5.39. The molecule has 0 aromatic rings. The van der Waals surface area contributed by atoms with E-state index in [4.69, 9.17) is 0 Å². The first kappa shape index (κ1) is 14.0. The average Bonchev–Trinajstić information content (AvgIpc) is 2.18. The molecule has 1 nitrogen and oxygen atoms in total. The normalized spacial score (nSPS) is 21.2. The van der Waals surface area contributed by atoms with E-state index in [1.807, 2.05) is 0 Å². The molecule has 86 valence electrons. The molecule has 1 rings (SSSR count). The zero-order valence-corrected chi connectivity index (χ0v) is 10.9. The minimum atomic E-state index is 0.617. The molecule has 0 bridgehead atoms. The molecule has 0 N–H and O–H groups in total. The summed E-state index contributed by atoms with van der Waals surface area (Å²) in [5.74, 6) is 0. The fraction of sp³-hybridized carbons (Fsp3) is 1.00. The first-order valence-electron chi connectivity index (χ1n) is 6.28. The lowest BCUT2D eigenvalue weighted by molar-refractivity contribution is 0.138. The number of unbranched alkanes of at least 4 members (excludes halogenated alkanes) is 1. The van der Waals surface area contributed by atoms with E-state index in [0.717, 1.165) is 0 Å². The molecule has 0 aromatic carbocycles. The summed E-state index contributed by atoms with van der Waals surface area (Å²) >= 11 is 0. The molecule has 1 heteroatoms. The van der Waals surface area contributed by atoms with Crippen LogP contribution in [0.2, 0.25) is 0 Å². The van der Waals surface area contributed by atoms with E-state index in [0.29, 0.717) is 5.41 Å². The van der Waals surface area contributed by atoms with E-state index in [1.165, 1.54) is 45.3 Å². The molecule has 0 saturated carbocycles. The maximum atomic E-state index is 2.53. The Balaban J connectivity index is 0.000000364. The van der Waals surface area contributed by atoms with Gasteiger partial charge in [-0.1, -0.05) is 47.5 Å². The molecule has 0 aromatic heterocycles. The monoisotopic (exact) mass is 199 g/mol. The molecule has 1 saturated heterocycles. The predicted octanol–water partition coefficient (Wildman–Crippen LogP) is 3.93. The van der Waals surface area contributed by atoms with Crippen LogP contribution in [0.5, 0.6) is 0 Å². The van der Waals surface area contributed by atoms with Crippen molar-refractivity contribution in [2.45, 2.75) is 60.3 Å². The molecule has 0 amide bonds. The van der Waals surface area contributed by atoms with Crippen molar-refractivity contribution in [1.29, 1.82) is 0 Å². The van der Waals surface area contributed by atoms with Gasteiger partial charge in [-0.05, 0) is 37.9 Å². The Morgan fingerprint density at radius 2 is 1.36 bits per heavy atom. The van der Waals surface area contributed by atoms with Crippen LogP contribution in [0.25, 0.3) is 0 Å². The van der Waals surface area contributed by atoms with Gasteiger partial charge in [0.1, 0.15) is 0 Å². The minimum Gasteiger partial charge on any atom is -0.304 e. The molecular weight excluding hydrogens is 170 g/mol. The summed E-state index contributed by atoms with van der Waals surface area (Å²) in [4.78, 5) is 2.53. The summed E-state index contributed by atoms with van der Waals surface area (Å²) in [6.45, 7) is 15.2. The first-order valence-corrected chi connectivity index (χ1v) is 6.28. The summed E-state index contributed by atoms with van der Waals surface area (Å²) in [5, 5.41) is 0. The number of nitrogens with zero attached hydrogens (tertiary/aromatic N) is 1. The van der Waals surface area contributed by atoms with Crippen molar-refractivity contribution >= 4 is 0 Å². The van der Waals surface area contributed by atoms with E-state index in [9.17, 15) is 0 Å². The highest BCUT2D eigenvalue weighted by atomic mass is 15.1. The highest BCUT2D eigenvalue weighted by Gasteiger charge is 2.23. The van der Waals surface area contributed by atoms with Crippen molar-refractivity contribution in [2.75, 3.05) is 19.6 Å². The lowest BCUT2D eigenvalue weighted by Crippen LogP contribution is -2.36. The van der Waals surface area contributed by atoms with Gasteiger partial charge in [0.05, 0.1) is 0 Å². The van der Waals surface area contributed by atoms with Crippen molar-refractivity contribution < 1.29 is 0 Å². The number of rotatable bonds is 2. The zero-order valence-electron chi connectivity index (χ0n) is 10.9. The highest BCUT2D eigenvalue weighted by molar-refractivity contribution is 4.77. The van der Waals surface area contributed by atoms with Crippen LogP contribution in [-0.4, -0.2) is 24.5 Å². The maximum Gasteiger partial charge on any atom is -0.00138 e. The maximum absolute atomic E-state index is 2.53. The van der Waals surface area contributed by atoms with Crippen molar-refractivity contribution in [1.82, 2.24) is 4.90 Å². The molecule has 0 spiro atoms. The van der Waals surface area contributed by atoms with Crippen molar-refractivity contribution in [2.24, 2.45) is 5.41 Å². The molecule has 0 unspecified atom stereocenters. The van der Waals surface area contributed by atoms with Gasteiger partial charge < -0.3 is 4.90 Å². The van der Waals surface area contributed by atoms with Crippen molar-refractivity contribution in [3.05, 3.63) is 0 Å². The second-order valence-electron chi connectivity index (χ2n) is 5.10. The molecule has 1 aliphatic rings. The third-order valence-corrected chi connectivity index (χ3v) is 3.16. The smallest absolute Gasteiger partial charge is 0.00138 e. The van der Waals surface area contributed by atoms with Crippen LogP contribution < -0.4 is 0 Å². The lowest BCUT2D eigenvalue weighted by Gasteiger charge is -2.36. The van der Waals surface area contributed by atoms with E-state index in [1.54, 1.807) is 0 Å². The molecule has 0 aliphatic carbocycles. The molecule has 1 fully saturated rings. The Kier molecular flexibility index (Phi) is 7.26. The van der Waals surface area contributed by atoms with Gasteiger partial charge in [-0.15, -0.1) is 0 Å².